The molecule has 0 aliphatic rings. The Morgan fingerprint density at radius 1 is 1.30 bits per heavy atom. The zero-order valence-corrected chi connectivity index (χ0v) is 12.3. The largest absolute Gasteiger partial charge is 0.356 e. The summed E-state index contributed by atoms with van der Waals surface area (Å²) in [4.78, 5) is 11.6. The molecule has 1 aromatic rings. The lowest BCUT2D eigenvalue weighted by Gasteiger charge is -2.09. The van der Waals surface area contributed by atoms with Gasteiger partial charge in [0.1, 0.15) is 0 Å². The minimum absolute atomic E-state index is 0.0240. The highest BCUT2D eigenvalue weighted by Gasteiger charge is 2.08. The van der Waals surface area contributed by atoms with E-state index in [1.807, 2.05) is 6.92 Å². The van der Waals surface area contributed by atoms with Crippen LogP contribution in [0.2, 0.25) is 0 Å². The lowest BCUT2D eigenvalue weighted by Crippen LogP contribution is -2.28. The molecular weight excluding hydrogens is 278 g/mol. The Kier molecular flexibility index (Phi) is 6.12. The topological polar surface area (TPSA) is 115 Å². The molecule has 20 heavy (non-hydrogen) atoms. The third-order valence-corrected chi connectivity index (χ3v) is 3.85. The van der Waals surface area contributed by atoms with Crippen LogP contribution >= 0.6 is 0 Å². The van der Waals surface area contributed by atoms with Crippen molar-refractivity contribution < 1.29 is 13.2 Å². The number of nitrogens with two attached hydrogens (primary N) is 2. The van der Waals surface area contributed by atoms with Crippen LogP contribution in [-0.2, 0) is 21.2 Å². The third-order valence-electron chi connectivity index (χ3n) is 2.92. The molecule has 0 aliphatic carbocycles. The maximum Gasteiger partial charge on any atom is 0.238 e. The number of carbonyl (C=O) groups is 1. The van der Waals surface area contributed by atoms with Gasteiger partial charge in [-0.1, -0.05) is 19.1 Å². The van der Waals surface area contributed by atoms with Gasteiger partial charge in [-0.15, -0.1) is 0 Å². The first-order valence-electron chi connectivity index (χ1n) is 6.41. The predicted molar refractivity (Wildman–Crippen MR) is 77.4 cm³/mol. The van der Waals surface area contributed by atoms with E-state index in [-0.39, 0.29) is 16.7 Å². The van der Waals surface area contributed by atoms with Crippen molar-refractivity contribution in [2.75, 3.05) is 13.1 Å². The number of primary sulfonamides is 1. The zero-order valence-electron chi connectivity index (χ0n) is 11.5. The van der Waals surface area contributed by atoms with Crippen LogP contribution in [0.25, 0.3) is 0 Å². The van der Waals surface area contributed by atoms with Gasteiger partial charge in [0.2, 0.25) is 15.9 Å². The predicted octanol–water partition coefficient (Wildman–Crippen LogP) is -0.0224. The maximum atomic E-state index is 11.5. The second kappa shape index (κ2) is 7.37. The van der Waals surface area contributed by atoms with Crippen molar-refractivity contribution in [2.24, 2.45) is 16.8 Å². The van der Waals surface area contributed by atoms with Crippen LogP contribution in [0.3, 0.4) is 0 Å². The van der Waals surface area contributed by atoms with E-state index < -0.39 is 10.0 Å². The summed E-state index contributed by atoms with van der Waals surface area (Å²) in [6, 6.07) is 6.30. The van der Waals surface area contributed by atoms with Gasteiger partial charge in [-0.2, -0.15) is 0 Å². The number of benzene rings is 1. The van der Waals surface area contributed by atoms with Gasteiger partial charge in [0.25, 0.3) is 0 Å². The number of nitrogens with one attached hydrogen (secondary N) is 1. The summed E-state index contributed by atoms with van der Waals surface area (Å²) in [5, 5.41) is 7.81. The number of rotatable bonds is 7. The molecule has 0 spiro atoms. The van der Waals surface area contributed by atoms with Crippen LogP contribution in [0, 0.1) is 5.92 Å². The Balaban J connectivity index is 2.41. The van der Waals surface area contributed by atoms with Crippen molar-refractivity contribution in [3.8, 4) is 0 Å². The van der Waals surface area contributed by atoms with Gasteiger partial charge >= 0.3 is 0 Å². The third kappa shape index (κ3) is 5.68. The van der Waals surface area contributed by atoms with Gasteiger partial charge in [0.15, 0.2) is 0 Å². The van der Waals surface area contributed by atoms with Gasteiger partial charge in [0.05, 0.1) is 4.90 Å². The number of hydrogen-bond donors (Lipinski definition) is 3. The number of amides is 1. The first-order valence-corrected chi connectivity index (χ1v) is 7.96. The normalized spacial score (nSPS) is 12.9. The average Bonchev–Trinajstić information content (AvgIpc) is 2.38. The molecule has 6 nitrogen and oxygen atoms in total. The van der Waals surface area contributed by atoms with E-state index in [4.69, 9.17) is 10.9 Å². The minimum atomic E-state index is -3.65. The van der Waals surface area contributed by atoms with Crippen molar-refractivity contribution in [3.63, 3.8) is 0 Å². The summed E-state index contributed by atoms with van der Waals surface area (Å²) in [6.45, 7) is 2.92. The van der Waals surface area contributed by atoms with Crippen LogP contribution in [-0.4, -0.2) is 27.4 Å². The van der Waals surface area contributed by atoms with Gasteiger partial charge in [0, 0.05) is 13.0 Å². The van der Waals surface area contributed by atoms with Crippen LogP contribution < -0.4 is 16.2 Å². The molecule has 112 valence electrons. The van der Waals surface area contributed by atoms with E-state index in [1.54, 1.807) is 12.1 Å². The lowest BCUT2D eigenvalue weighted by molar-refractivity contribution is -0.121. The standard InChI is InChI=1S/C13H21N3O3S/c1-10(9-14)8-13(17)16-7-6-11-2-4-12(5-3-11)20(15,18)19/h2-5,10H,6-9,14H2,1H3,(H,16,17)(H2,15,18,19). The molecule has 5 N–H and O–H groups in total. The SMILES string of the molecule is CC(CN)CC(=O)NCCc1ccc(S(N)(=O)=O)cc1. The maximum absolute atomic E-state index is 11.5. The van der Waals surface area contributed by atoms with Gasteiger partial charge in [-0.3, -0.25) is 4.79 Å². The molecule has 1 rings (SSSR count). The molecule has 0 fully saturated rings. The first kappa shape index (κ1) is 16.6. The van der Waals surface area contributed by atoms with Crippen LogP contribution in [0.4, 0.5) is 0 Å². The molecule has 0 radical (unpaired) electrons. The van der Waals surface area contributed by atoms with Crippen molar-refractivity contribution >= 4 is 15.9 Å². The van der Waals surface area contributed by atoms with E-state index in [2.05, 4.69) is 5.32 Å². The number of carbonyl (C=O) groups excluding carboxylic acids is 1. The molecule has 0 aliphatic heterocycles. The average molecular weight is 299 g/mol. The van der Waals surface area contributed by atoms with Crippen molar-refractivity contribution in [1.29, 1.82) is 0 Å². The molecule has 1 atom stereocenters. The molecule has 0 saturated heterocycles. The highest BCUT2D eigenvalue weighted by atomic mass is 32.2. The molecule has 7 heteroatoms. The summed E-state index contributed by atoms with van der Waals surface area (Å²) in [7, 11) is -3.65. The molecule has 1 unspecified atom stereocenters. The van der Waals surface area contributed by atoms with E-state index in [9.17, 15) is 13.2 Å². The van der Waals surface area contributed by atoms with E-state index in [1.165, 1.54) is 12.1 Å². The van der Waals surface area contributed by atoms with Crippen LogP contribution in [0.1, 0.15) is 18.9 Å². The summed E-state index contributed by atoms with van der Waals surface area (Å²) < 4.78 is 22.2. The molecule has 1 aromatic carbocycles. The smallest absolute Gasteiger partial charge is 0.238 e. The van der Waals surface area contributed by atoms with Crippen molar-refractivity contribution in [3.05, 3.63) is 29.8 Å². The second-order valence-electron chi connectivity index (χ2n) is 4.83. The van der Waals surface area contributed by atoms with E-state index >= 15 is 0 Å². The van der Waals surface area contributed by atoms with Gasteiger partial charge < -0.3 is 11.1 Å². The Morgan fingerprint density at radius 3 is 2.40 bits per heavy atom. The van der Waals surface area contributed by atoms with Crippen molar-refractivity contribution in [1.82, 2.24) is 5.32 Å². The molecule has 0 heterocycles. The lowest BCUT2D eigenvalue weighted by atomic mass is 10.1. The Hall–Kier alpha value is -1.44. The highest BCUT2D eigenvalue weighted by molar-refractivity contribution is 7.89. The van der Waals surface area contributed by atoms with Gasteiger partial charge in [-0.05, 0) is 36.6 Å². The Bertz CT molecular complexity index is 540. The molecule has 0 bridgehead atoms. The first-order chi connectivity index (χ1) is 9.32. The van der Waals surface area contributed by atoms with E-state index in [0.717, 1.165) is 5.56 Å². The fourth-order valence-electron chi connectivity index (χ4n) is 1.66. The fourth-order valence-corrected chi connectivity index (χ4v) is 2.18. The highest BCUT2D eigenvalue weighted by Crippen LogP contribution is 2.09. The summed E-state index contributed by atoms with van der Waals surface area (Å²) in [5.74, 6) is 0.146. The Labute approximate surface area is 119 Å². The second-order valence-corrected chi connectivity index (χ2v) is 6.40. The summed E-state index contributed by atoms with van der Waals surface area (Å²) in [5.41, 5.74) is 6.38. The minimum Gasteiger partial charge on any atom is -0.356 e. The number of hydrogen-bond acceptors (Lipinski definition) is 4. The quantitative estimate of drug-likeness (QED) is 0.656. The molecular formula is C13H21N3O3S. The molecule has 0 aromatic heterocycles. The fraction of sp³-hybridized carbons (Fsp3) is 0.462. The zero-order chi connectivity index (χ0) is 15.2. The van der Waals surface area contributed by atoms with Gasteiger partial charge in [-0.25, -0.2) is 13.6 Å². The van der Waals surface area contributed by atoms with Crippen LogP contribution in [0.15, 0.2) is 29.2 Å². The van der Waals surface area contributed by atoms with Crippen molar-refractivity contribution in [2.45, 2.75) is 24.7 Å². The van der Waals surface area contributed by atoms with Crippen LogP contribution in [0.5, 0.6) is 0 Å². The number of sulfonamides is 1. The monoisotopic (exact) mass is 299 g/mol. The summed E-state index contributed by atoms with van der Waals surface area (Å²) in [6.07, 6.45) is 1.05. The molecule has 1 amide bonds. The molecule has 0 saturated carbocycles. The summed E-state index contributed by atoms with van der Waals surface area (Å²) >= 11 is 0. The van der Waals surface area contributed by atoms with E-state index in [0.29, 0.717) is 25.9 Å². The Morgan fingerprint density at radius 2 is 1.90 bits per heavy atom.